The maximum Gasteiger partial charge on any atom is 0.123 e. The van der Waals surface area contributed by atoms with Crippen LogP contribution in [0, 0.1) is 11.7 Å². The predicted molar refractivity (Wildman–Crippen MR) is 69.4 cm³/mol. The minimum atomic E-state index is -0.205. The van der Waals surface area contributed by atoms with Gasteiger partial charge in [0.15, 0.2) is 0 Å². The SMILES string of the molecule is CC(CN)(CC1CCC1)Nc1ccc(F)cc1. The summed E-state index contributed by atoms with van der Waals surface area (Å²) in [6.07, 6.45) is 5.09. The first-order valence-electron chi connectivity index (χ1n) is 6.35. The molecule has 0 spiro atoms. The molecule has 0 aromatic heterocycles. The molecule has 0 amide bonds. The first-order chi connectivity index (χ1) is 8.11. The van der Waals surface area contributed by atoms with E-state index >= 15 is 0 Å². The molecule has 94 valence electrons. The van der Waals surface area contributed by atoms with E-state index in [9.17, 15) is 4.39 Å². The van der Waals surface area contributed by atoms with Gasteiger partial charge in [0, 0.05) is 17.8 Å². The van der Waals surface area contributed by atoms with Crippen LogP contribution in [0.2, 0.25) is 0 Å². The van der Waals surface area contributed by atoms with E-state index in [0.717, 1.165) is 18.0 Å². The maximum atomic E-state index is 12.8. The second kappa shape index (κ2) is 5.05. The van der Waals surface area contributed by atoms with Gasteiger partial charge in [-0.3, -0.25) is 0 Å². The van der Waals surface area contributed by atoms with Gasteiger partial charge in [0.05, 0.1) is 0 Å². The number of nitrogens with two attached hydrogens (primary N) is 1. The van der Waals surface area contributed by atoms with Crippen LogP contribution in [0.25, 0.3) is 0 Å². The number of hydrogen-bond donors (Lipinski definition) is 2. The second-order valence-electron chi connectivity index (χ2n) is 5.40. The largest absolute Gasteiger partial charge is 0.379 e. The molecule has 1 unspecified atom stereocenters. The van der Waals surface area contributed by atoms with Crippen molar-refractivity contribution in [1.82, 2.24) is 0 Å². The first-order valence-corrected chi connectivity index (χ1v) is 6.35. The summed E-state index contributed by atoms with van der Waals surface area (Å²) >= 11 is 0. The Kier molecular flexibility index (Phi) is 3.67. The molecular formula is C14H21FN2. The van der Waals surface area contributed by atoms with Gasteiger partial charge < -0.3 is 11.1 Å². The molecule has 1 aliphatic carbocycles. The summed E-state index contributed by atoms with van der Waals surface area (Å²) in [5.41, 5.74) is 6.74. The molecule has 1 saturated carbocycles. The van der Waals surface area contributed by atoms with Crippen LogP contribution in [-0.2, 0) is 0 Å². The van der Waals surface area contributed by atoms with Gasteiger partial charge in [-0.05, 0) is 43.5 Å². The molecule has 3 N–H and O–H groups in total. The van der Waals surface area contributed by atoms with Crippen molar-refractivity contribution in [2.45, 2.75) is 38.1 Å². The number of benzene rings is 1. The van der Waals surface area contributed by atoms with Crippen LogP contribution >= 0.6 is 0 Å². The lowest BCUT2D eigenvalue weighted by Gasteiger charge is -2.37. The molecule has 1 aromatic rings. The maximum absolute atomic E-state index is 12.8. The van der Waals surface area contributed by atoms with Crippen molar-refractivity contribution in [3.05, 3.63) is 30.1 Å². The summed E-state index contributed by atoms with van der Waals surface area (Å²) in [7, 11) is 0. The van der Waals surface area contributed by atoms with Crippen LogP contribution in [-0.4, -0.2) is 12.1 Å². The molecule has 1 atom stereocenters. The number of nitrogens with one attached hydrogen (secondary N) is 1. The molecule has 0 bridgehead atoms. The van der Waals surface area contributed by atoms with Crippen molar-refractivity contribution in [3.8, 4) is 0 Å². The summed E-state index contributed by atoms with van der Waals surface area (Å²) in [4.78, 5) is 0. The fraction of sp³-hybridized carbons (Fsp3) is 0.571. The number of rotatable bonds is 5. The third kappa shape index (κ3) is 3.19. The zero-order valence-electron chi connectivity index (χ0n) is 10.4. The summed E-state index contributed by atoms with van der Waals surface area (Å²) in [5, 5.41) is 3.44. The third-order valence-electron chi connectivity index (χ3n) is 3.70. The van der Waals surface area contributed by atoms with E-state index < -0.39 is 0 Å². The van der Waals surface area contributed by atoms with E-state index in [2.05, 4.69) is 12.2 Å². The van der Waals surface area contributed by atoms with Crippen LogP contribution in [0.4, 0.5) is 10.1 Å². The van der Waals surface area contributed by atoms with Crippen LogP contribution in [0.15, 0.2) is 24.3 Å². The standard InChI is InChI=1S/C14H21FN2/c1-14(10-16,9-11-3-2-4-11)17-13-7-5-12(15)6-8-13/h5-8,11,17H,2-4,9-10,16H2,1H3. The minimum Gasteiger partial charge on any atom is -0.379 e. The Morgan fingerprint density at radius 2 is 2.00 bits per heavy atom. The smallest absolute Gasteiger partial charge is 0.123 e. The Hall–Kier alpha value is -1.09. The van der Waals surface area contributed by atoms with Crippen LogP contribution in [0.3, 0.4) is 0 Å². The fourth-order valence-electron chi connectivity index (χ4n) is 2.40. The Morgan fingerprint density at radius 3 is 2.47 bits per heavy atom. The Labute approximate surface area is 102 Å². The summed E-state index contributed by atoms with van der Waals surface area (Å²) in [5.74, 6) is 0.598. The van der Waals surface area contributed by atoms with Gasteiger partial charge in [-0.15, -0.1) is 0 Å². The predicted octanol–water partition coefficient (Wildman–Crippen LogP) is 3.15. The van der Waals surface area contributed by atoms with Gasteiger partial charge in [0.25, 0.3) is 0 Å². The highest BCUT2D eigenvalue weighted by Crippen LogP contribution is 2.34. The third-order valence-corrected chi connectivity index (χ3v) is 3.70. The average Bonchev–Trinajstić information content (AvgIpc) is 2.27. The highest BCUT2D eigenvalue weighted by atomic mass is 19.1. The van der Waals surface area contributed by atoms with Crippen molar-refractivity contribution < 1.29 is 4.39 Å². The van der Waals surface area contributed by atoms with E-state index in [0.29, 0.717) is 6.54 Å². The van der Waals surface area contributed by atoms with E-state index in [-0.39, 0.29) is 11.4 Å². The summed E-state index contributed by atoms with van der Waals surface area (Å²) in [6, 6.07) is 6.49. The van der Waals surface area contributed by atoms with Crippen molar-refractivity contribution in [2.75, 3.05) is 11.9 Å². The molecule has 17 heavy (non-hydrogen) atoms. The fourth-order valence-corrected chi connectivity index (χ4v) is 2.40. The highest BCUT2D eigenvalue weighted by molar-refractivity contribution is 5.45. The first kappa shape index (κ1) is 12.4. The van der Waals surface area contributed by atoms with Crippen LogP contribution < -0.4 is 11.1 Å². The number of anilines is 1. The number of halogens is 1. The topological polar surface area (TPSA) is 38.0 Å². The van der Waals surface area contributed by atoms with Crippen LogP contribution in [0.5, 0.6) is 0 Å². The van der Waals surface area contributed by atoms with Crippen LogP contribution in [0.1, 0.15) is 32.6 Å². The van der Waals surface area contributed by atoms with E-state index in [1.54, 1.807) is 12.1 Å². The highest BCUT2D eigenvalue weighted by Gasteiger charge is 2.29. The molecule has 2 nitrogen and oxygen atoms in total. The Balaban J connectivity index is 1.99. The lowest BCUT2D eigenvalue weighted by atomic mass is 9.76. The summed E-state index contributed by atoms with van der Waals surface area (Å²) in [6.45, 7) is 2.75. The lowest BCUT2D eigenvalue weighted by molar-refractivity contribution is 0.248. The molecule has 2 rings (SSSR count). The molecule has 0 aliphatic heterocycles. The number of hydrogen-bond acceptors (Lipinski definition) is 2. The molecule has 0 heterocycles. The van der Waals surface area contributed by atoms with Crippen molar-refractivity contribution in [2.24, 2.45) is 11.7 Å². The zero-order valence-corrected chi connectivity index (χ0v) is 10.4. The van der Waals surface area contributed by atoms with Crippen molar-refractivity contribution in [1.29, 1.82) is 0 Å². The van der Waals surface area contributed by atoms with E-state index in [4.69, 9.17) is 5.73 Å². The van der Waals surface area contributed by atoms with Gasteiger partial charge in [-0.2, -0.15) is 0 Å². The van der Waals surface area contributed by atoms with Gasteiger partial charge >= 0.3 is 0 Å². The van der Waals surface area contributed by atoms with Gasteiger partial charge in [-0.1, -0.05) is 19.3 Å². The quantitative estimate of drug-likeness (QED) is 0.824. The van der Waals surface area contributed by atoms with Gasteiger partial charge in [0.1, 0.15) is 5.82 Å². The van der Waals surface area contributed by atoms with Gasteiger partial charge in [0.2, 0.25) is 0 Å². The summed E-state index contributed by atoms with van der Waals surface area (Å²) < 4.78 is 12.8. The Bertz CT molecular complexity index is 359. The molecule has 0 saturated heterocycles. The molecule has 3 heteroatoms. The average molecular weight is 236 g/mol. The molecule has 1 aliphatic rings. The molecule has 1 aromatic carbocycles. The minimum absolute atomic E-state index is 0.0804. The lowest BCUT2D eigenvalue weighted by Crippen LogP contribution is -2.45. The van der Waals surface area contributed by atoms with E-state index in [1.165, 1.54) is 31.4 Å². The molecule has 1 fully saturated rings. The van der Waals surface area contributed by atoms with E-state index in [1.807, 2.05) is 0 Å². The van der Waals surface area contributed by atoms with Crippen molar-refractivity contribution >= 4 is 5.69 Å². The van der Waals surface area contributed by atoms with Crippen molar-refractivity contribution in [3.63, 3.8) is 0 Å². The molecular weight excluding hydrogens is 215 g/mol. The Morgan fingerprint density at radius 1 is 1.35 bits per heavy atom. The van der Waals surface area contributed by atoms with Gasteiger partial charge in [-0.25, -0.2) is 4.39 Å². The monoisotopic (exact) mass is 236 g/mol. The molecule has 0 radical (unpaired) electrons. The second-order valence-corrected chi connectivity index (χ2v) is 5.40. The normalized spacial score (nSPS) is 19.5. The zero-order chi connectivity index (χ0) is 12.3.